The van der Waals surface area contributed by atoms with Gasteiger partial charge in [-0.15, -0.1) is 0 Å². The summed E-state index contributed by atoms with van der Waals surface area (Å²) in [5.41, 5.74) is 0.0132. The van der Waals surface area contributed by atoms with E-state index in [0.717, 1.165) is 25.7 Å². The molecule has 21 heavy (non-hydrogen) atoms. The predicted octanol–water partition coefficient (Wildman–Crippen LogP) is 3.95. The van der Waals surface area contributed by atoms with E-state index in [1.54, 1.807) is 18.2 Å². The molecule has 1 fully saturated rings. The number of nitrogens with zero attached hydrogens (tertiary/aromatic N) is 1. The van der Waals surface area contributed by atoms with E-state index in [9.17, 15) is 20.0 Å². The minimum Gasteiger partial charge on any atom is -0.481 e. The molecule has 0 aliphatic heterocycles. The Morgan fingerprint density at radius 1 is 1.19 bits per heavy atom. The molecule has 1 N–H and O–H groups in total. The molecule has 0 aromatic heterocycles. The van der Waals surface area contributed by atoms with Gasteiger partial charge in [0.15, 0.2) is 0 Å². The molecule has 1 aliphatic rings. The van der Waals surface area contributed by atoms with Gasteiger partial charge >= 0.3 is 5.97 Å². The number of nitro benzene ring substituents is 1. The van der Waals surface area contributed by atoms with Crippen LogP contribution in [0.3, 0.4) is 0 Å². The summed E-state index contributed by atoms with van der Waals surface area (Å²) in [6.45, 7) is 0. The lowest BCUT2D eigenvalue weighted by molar-refractivity contribution is -0.385. The van der Waals surface area contributed by atoms with Crippen molar-refractivity contribution in [3.8, 4) is 0 Å². The maximum Gasteiger partial charge on any atom is 0.309 e. The first kappa shape index (κ1) is 15.5. The Hall–Kier alpha value is -1.91. The molecule has 5 nitrogen and oxygen atoms in total. The first-order valence-electron chi connectivity index (χ1n) is 7.51. The highest BCUT2D eigenvalue weighted by Gasteiger charge is 2.38. The highest BCUT2D eigenvalue weighted by atomic mass is 16.6. The van der Waals surface area contributed by atoms with Gasteiger partial charge in [-0.1, -0.05) is 43.9 Å². The number of carboxylic acids is 1. The van der Waals surface area contributed by atoms with Crippen molar-refractivity contribution in [1.82, 2.24) is 0 Å². The van der Waals surface area contributed by atoms with Crippen LogP contribution in [0.5, 0.6) is 0 Å². The monoisotopic (exact) mass is 291 g/mol. The van der Waals surface area contributed by atoms with Crippen molar-refractivity contribution in [3.05, 3.63) is 39.9 Å². The number of carboxylic acid groups (broad SMARTS) is 1. The lowest BCUT2D eigenvalue weighted by atomic mass is 9.76. The molecular formula is C16H21NO4. The summed E-state index contributed by atoms with van der Waals surface area (Å²) in [5, 5.41) is 20.7. The second-order valence-electron chi connectivity index (χ2n) is 5.89. The van der Waals surface area contributed by atoms with Crippen molar-refractivity contribution in [2.45, 2.75) is 51.4 Å². The normalized spacial score (nSPS) is 17.9. The molecule has 1 aliphatic carbocycles. The molecule has 1 saturated carbocycles. The van der Waals surface area contributed by atoms with E-state index in [4.69, 9.17) is 0 Å². The van der Waals surface area contributed by atoms with Gasteiger partial charge in [0, 0.05) is 11.6 Å². The molecule has 0 amide bonds. The van der Waals surface area contributed by atoms with Gasteiger partial charge in [0.25, 0.3) is 5.69 Å². The van der Waals surface area contributed by atoms with Crippen LogP contribution in [0.15, 0.2) is 24.3 Å². The lowest BCUT2D eigenvalue weighted by Gasteiger charge is -2.28. The second kappa shape index (κ2) is 6.70. The first-order valence-corrected chi connectivity index (χ1v) is 7.51. The summed E-state index contributed by atoms with van der Waals surface area (Å²) in [4.78, 5) is 22.4. The van der Waals surface area contributed by atoms with Crippen LogP contribution in [0, 0.1) is 15.5 Å². The van der Waals surface area contributed by atoms with E-state index in [1.165, 1.54) is 6.07 Å². The standard InChI is InChI=1S/C16H21NO4/c18-15(19)16(10-5-1-2-6-11-16)12-9-13-7-3-4-8-14(13)17(20)21/h3-4,7-8H,1-2,5-6,9-12H2,(H,18,19). The maximum absolute atomic E-state index is 11.7. The van der Waals surface area contributed by atoms with Crippen LogP contribution >= 0.6 is 0 Å². The fourth-order valence-corrected chi connectivity index (χ4v) is 3.25. The number of nitro groups is 1. The highest BCUT2D eigenvalue weighted by molar-refractivity contribution is 5.74. The molecule has 0 atom stereocenters. The number of benzene rings is 1. The molecule has 1 aromatic rings. The topological polar surface area (TPSA) is 80.4 Å². The SMILES string of the molecule is O=C(O)C1(CCc2ccccc2[N+](=O)[O-])CCCCCC1. The van der Waals surface area contributed by atoms with E-state index in [0.29, 0.717) is 31.2 Å². The van der Waals surface area contributed by atoms with Crippen molar-refractivity contribution >= 4 is 11.7 Å². The lowest BCUT2D eigenvalue weighted by Crippen LogP contribution is -2.31. The number of aliphatic carboxylic acids is 1. The van der Waals surface area contributed by atoms with Crippen LogP contribution in [0.1, 0.15) is 50.5 Å². The molecular weight excluding hydrogens is 270 g/mol. The summed E-state index contributed by atoms with van der Waals surface area (Å²) in [6, 6.07) is 6.61. The highest BCUT2D eigenvalue weighted by Crippen LogP contribution is 2.40. The third-order valence-corrected chi connectivity index (χ3v) is 4.58. The molecule has 0 saturated heterocycles. The summed E-state index contributed by atoms with van der Waals surface area (Å²) >= 11 is 0. The molecule has 0 spiro atoms. The van der Waals surface area contributed by atoms with Gasteiger partial charge in [-0.2, -0.15) is 0 Å². The number of rotatable bonds is 5. The summed E-state index contributed by atoms with van der Waals surface area (Å²) < 4.78 is 0. The fraction of sp³-hybridized carbons (Fsp3) is 0.562. The van der Waals surface area contributed by atoms with Crippen LogP contribution in [0.2, 0.25) is 0 Å². The third-order valence-electron chi connectivity index (χ3n) is 4.58. The Morgan fingerprint density at radius 3 is 2.38 bits per heavy atom. The molecule has 0 heterocycles. The zero-order valence-electron chi connectivity index (χ0n) is 12.1. The second-order valence-corrected chi connectivity index (χ2v) is 5.89. The Labute approximate surface area is 124 Å². The zero-order valence-corrected chi connectivity index (χ0v) is 12.1. The van der Waals surface area contributed by atoms with Gasteiger partial charge in [0.2, 0.25) is 0 Å². The minimum absolute atomic E-state index is 0.0895. The Balaban J connectivity index is 2.16. The summed E-state index contributed by atoms with van der Waals surface area (Å²) in [7, 11) is 0. The van der Waals surface area contributed by atoms with Crippen molar-refractivity contribution in [1.29, 1.82) is 0 Å². The average molecular weight is 291 g/mol. The van der Waals surface area contributed by atoms with Crippen LogP contribution in [0.4, 0.5) is 5.69 Å². The van der Waals surface area contributed by atoms with Gasteiger partial charge in [0.1, 0.15) is 0 Å². The Bertz CT molecular complexity index is 519. The van der Waals surface area contributed by atoms with Crippen molar-refractivity contribution in [2.75, 3.05) is 0 Å². The van der Waals surface area contributed by atoms with Crippen LogP contribution < -0.4 is 0 Å². The number of hydrogen-bond acceptors (Lipinski definition) is 3. The average Bonchev–Trinajstić information content (AvgIpc) is 2.72. The van der Waals surface area contributed by atoms with E-state index >= 15 is 0 Å². The zero-order chi connectivity index (χ0) is 15.3. The van der Waals surface area contributed by atoms with Gasteiger partial charge in [-0.25, -0.2) is 0 Å². The van der Waals surface area contributed by atoms with E-state index in [1.807, 2.05) is 0 Å². The smallest absolute Gasteiger partial charge is 0.309 e. The number of para-hydroxylation sites is 1. The summed E-state index contributed by atoms with van der Waals surface area (Å²) in [5.74, 6) is -0.747. The molecule has 2 rings (SSSR count). The van der Waals surface area contributed by atoms with Crippen molar-refractivity contribution < 1.29 is 14.8 Å². The quantitative estimate of drug-likeness (QED) is 0.506. The van der Waals surface area contributed by atoms with Crippen LogP contribution in [-0.4, -0.2) is 16.0 Å². The Morgan fingerprint density at radius 2 is 1.81 bits per heavy atom. The maximum atomic E-state index is 11.7. The van der Waals surface area contributed by atoms with E-state index in [2.05, 4.69) is 0 Å². The number of hydrogen-bond donors (Lipinski definition) is 1. The van der Waals surface area contributed by atoms with Gasteiger partial charge in [-0.3, -0.25) is 14.9 Å². The first-order chi connectivity index (χ1) is 10.1. The molecule has 0 unspecified atom stereocenters. The van der Waals surface area contributed by atoms with E-state index in [-0.39, 0.29) is 5.69 Å². The number of aryl methyl sites for hydroxylation is 1. The number of carbonyl (C=O) groups is 1. The van der Waals surface area contributed by atoms with Gasteiger partial charge in [0.05, 0.1) is 10.3 Å². The van der Waals surface area contributed by atoms with Crippen molar-refractivity contribution in [2.24, 2.45) is 5.41 Å². The summed E-state index contributed by atoms with van der Waals surface area (Å²) in [6.07, 6.45) is 6.33. The minimum atomic E-state index is -0.747. The molecule has 0 radical (unpaired) electrons. The largest absolute Gasteiger partial charge is 0.481 e. The van der Waals surface area contributed by atoms with Crippen molar-refractivity contribution in [3.63, 3.8) is 0 Å². The van der Waals surface area contributed by atoms with Gasteiger partial charge < -0.3 is 5.11 Å². The molecule has 114 valence electrons. The predicted molar refractivity (Wildman–Crippen MR) is 79.2 cm³/mol. The fourth-order valence-electron chi connectivity index (χ4n) is 3.25. The van der Waals surface area contributed by atoms with Crippen LogP contribution in [-0.2, 0) is 11.2 Å². The van der Waals surface area contributed by atoms with Crippen LogP contribution in [0.25, 0.3) is 0 Å². The Kier molecular flexibility index (Phi) is 4.94. The third kappa shape index (κ3) is 3.60. The molecule has 0 bridgehead atoms. The molecule has 1 aromatic carbocycles. The van der Waals surface area contributed by atoms with E-state index < -0.39 is 16.3 Å². The van der Waals surface area contributed by atoms with Gasteiger partial charge in [-0.05, 0) is 25.7 Å². The molecule has 5 heteroatoms.